The molecule has 4 nitrogen and oxygen atoms in total. The Kier molecular flexibility index (Phi) is 4.84. The fourth-order valence-corrected chi connectivity index (χ4v) is 4.75. The SMILES string of the molecule is Cc1nc2cccc(-c3nccn3-c3c(-c4ccccc4)cccc3-c3ccccc3)c2n1C. The first-order chi connectivity index (χ1) is 16.7. The number of rotatable bonds is 4. The maximum Gasteiger partial charge on any atom is 0.146 e. The molecule has 6 aromatic rings. The molecule has 0 saturated carbocycles. The van der Waals surface area contributed by atoms with Crippen molar-refractivity contribution < 1.29 is 0 Å². The van der Waals surface area contributed by atoms with Crippen LogP contribution >= 0.6 is 0 Å². The summed E-state index contributed by atoms with van der Waals surface area (Å²) in [5.74, 6) is 1.88. The molecule has 0 aliphatic rings. The van der Waals surface area contributed by atoms with E-state index in [2.05, 4.69) is 119 Å². The number of hydrogen-bond donors (Lipinski definition) is 0. The van der Waals surface area contributed by atoms with Gasteiger partial charge in [0.15, 0.2) is 0 Å². The van der Waals surface area contributed by atoms with Gasteiger partial charge in [-0.3, -0.25) is 4.57 Å². The maximum absolute atomic E-state index is 4.85. The van der Waals surface area contributed by atoms with Crippen LogP contribution in [-0.4, -0.2) is 19.1 Å². The summed E-state index contributed by atoms with van der Waals surface area (Å²) in [6.07, 6.45) is 3.94. The number of aryl methyl sites for hydroxylation is 2. The third-order valence-electron chi connectivity index (χ3n) is 6.45. The molecule has 0 aliphatic heterocycles. The van der Waals surface area contributed by atoms with Crippen molar-refractivity contribution in [2.24, 2.45) is 7.05 Å². The molecule has 0 unspecified atom stereocenters. The van der Waals surface area contributed by atoms with Crippen LogP contribution in [0.1, 0.15) is 5.82 Å². The van der Waals surface area contributed by atoms with E-state index in [-0.39, 0.29) is 0 Å². The smallest absolute Gasteiger partial charge is 0.146 e. The molecule has 0 spiro atoms. The molecule has 0 saturated heterocycles. The van der Waals surface area contributed by atoms with Gasteiger partial charge < -0.3 is 4.57 Å². The largest absolute Gasteiger partial charge is 0.331 e. The first kappa shape index (κ1) is 20.2. The Morgan fingerprint density at radius 2 is 1.24 bits per heavy atom. The molecule has 0 bridgehead atoms. The Hall–Kier alpha value is -4.44. The minimum absolute atomic E-state index is 0.897. The standard InChI is InChI=1S/C30H24N4/c1-21-32-27-18-10-17-26(29(27)33(21)2)30-31-19-20-34(30)28-24(22-11-5-3-6-12-22)15-9-16-25(28)23-13-7-4-8-14-23/h3-20H,1-2H3. The number of nitrogens with zero attached hydrogens (tertiary/aromatic N) is 4. The van der Waals surface area contributed by atoms with Gasteiger partial charge in [0, 0.05) is 36.1 Å². The maximum atomic E-state index is 4.85. The summed E-state index contributed by atoms with van der Waals surface area (Å²) in [4.78, 5) is 9.60. The van der Waals surface area contributed by atoms with E-state index in [1.54, 1.807) is 0 Å². The minimum atomic E-state index is 0.897. The lowest BCUT2D eigenvalue weighted by atomic mass is 9.95. The van der Waals surface area contributed by atoms with Gasteiger partial charge in [0.05, 0.1) is 16.7 Å². The van der Waals surface area contributed by atoms with Gasteiger partial charge in [0.1, 0.15) is 11.6 Å². The quantitative estimate of drug-likeness (QED) is 0.294. The van der Waals surface area contributed by atoms with Gasteiger partial charge in [-0.25, -0.2) is 9.97 Å². The Morgan fingerprint density at radius 1 is 0.647 bits per heavy atom. The molecule has 4 aromatic carbocycles. The Balaban J connectivity index is 1.67. The van der Waals surface area contributed by atoms with Crippen LogP contribution in [0.25, 0.3) is 50.4 Å². The van der Waals surface area contributed by atoms with Crippen molar-refractivity contribution in [2.45, 2.75) is 6.92 Å². The van der Waals surface area contributed by atoms with Crippen molar-refractivity contribution in [1.82, 2.24) is 19.1 Å². The topological polar surface area (TPSA) is 35.6 Å². The molecule has 164 valence electrons. The molecule has 4 heteroatoms. The van der Waals surface area contributed by atoms with Gasteiger partial charge in [0.25, 0.3) is 0 Å². The predicted octanol–water partition coefficient (Wildman–Crippen LogP) is 7.07. The second kappa shape index (κ2) is 8.16. The highest BCUT2D eigenvalue weighted by molar-refractivity contribution is 5.93. The lowest BCUT2D eigenvalue weighted by Crippen LogP contribution is -2.03. The summed E-state index contributed by atoms with van der Waals surface area (Å²) in [6.45, 7) is 2.04. The lowest BCUT2D eigenvalue weighted by Gasteiger charge is -2.19. The van der Waals surface area contributed by atoms with Gasteiger partial charge in [-0.15, -0.1) is 0 Å². The highest BCUT2D eigenvalue weighted by Gasteiger charge is 2.20. The number of benzene rings is 4. The Bertz CT molecular complexity index is 1550. The third-order valence-corrected chi connectivity index (χ3v) is 6.45. The average Bonchev–Trinajstić information content (AvgIpc) is 3.49. The number of fused-ring (bicyclic) bond motifs is 1. The fraction of sp³-hybridized carbons (Fsp3) is 0.0667. The molecular formula is C30H24N4. The molecule has 2 heterocycles. The molecule has 0 radical (unpaired) electrons. The van der Waals surface area contributed by atoms with Gasteiger partial charge in [-0.05, 0) is 30.2 Å². The van der Waals surface area contributed by atoms with Crippen molar-refractivity contribution in [3.05, 3.63) is 115 Å². The fourth-order valence-electron chi connectivity index (χ4n) is 4.75. The van der Waals surface area contributed by atoms with Crippen LogP contribution in [-0.2, 0) is 7.05 Å². The van der Waals surface area contributed by atoms with Crippen molar-refractivity contribution in [2.75, 3.05) is 0 Å². The summed E-state index contributed by atoms with van der Waals surface area (Å²) in [5.41, 5.74) is 8.91. The lowest BCUT2D eigenvalue weighted by molar-refractivity contribution is 0.885. The van der Waals surface area contributed by atoms with Gasteiger partial charge in [-0.2, -0.15) is 0 Å². The first-order valence-corrected chi connectivity index (χ1v) is 11.4. The van der Waals surface area contributed by atoms with Crippen LogP contribution in [0.4, 0.5) is 0 Å². The third kappa shape index (κ3) is 3.23. The normalized spacial score (nSPS) is 11.2. The van der Waals surface area contributed by atoms with Gasteiger partial charge in [-0.1, -0.05) is 84.9 Å². The molecule has 0 atom stereocenters. The molecule has 0 N–H and O–H groups in total. The Morgan fingerprint density at radius 3 is 1.88 bits per heavy atom. The van der Waals surface area contributed by atoms with E-state index in [0.29, 0.717) is 0 Å². The van der Waals surface area contributed by atoms with Crippen molar-refractivity contribution in [1.29, 1.82) is 0 Å². The average molecular weight is 441 g/mol. The van der Waals surface area contributed by atoms with E-state index in [1.807, 2.05) is 13.1 Å². The van der Waals surface area contributed by atoms with E-state index < -0.39 is 0 Å². The summed E-state index contributed by atoms with van der Waals surface area (Å²) >= 11 is 0. The van der Waals surface area contributed by atoms with Gasteiger partial charge in [0.2, 0.25) is 0 Å². The summed E-state index contributed by atoms with van der Waals surface area (Å²) in [6, 6.07) is 33.9. The zero-order valence-corrected chi connectivity index (χ0v) is 19.2. The summed E-state index contributed by atoms with van der Waals surface area (Å²) in [5, 5.41) is 0. The zero-order valence-electron chi connectivity index (χ0n) is 19.2. The molecule has 2 aromatic heterocycles. The number of hydrogen-bond acceptors (Lipinski definition) is 2. The molecule has 6 rings (SSSR count). The zero-order chi connectivity index (χ0) is 23.1. The summed E-state index contributed by atoms with van der Waals surface area (Å²) < 4.78 is 4.37. The van der Waals surface area contributed by atoms with Crippen LogP contribution in [0.2, 0.25) is 0 Å². The van der Waals surface area contributed by atoms with Crippen LogP contribution in [0.5, 0.6) is 0 Å². The van der Waals surface area contributed by atoms with Crippen molar-refractivity contribution in [3.63, 3.8) is 0 Å². The van der Waals surface area contributed by atoms with Gasteiger partial charge >= 0.3 is 0 Å². The van der Waals surface area contributed by atoms with E-state index in [1.165, 1.54) is 11.1 Å². The molecule has 0 aliphatic carbocycles. The van der Waals surface area contributed by atoms with Crippen LogP contribution in [0.3, 0.4) is 0 Å². The second-order valence-electron chi connectivity index (χ2n) is 8.45. The predicted molar refractivity (Wildman–Crippen MR) is 139 cm³/mol. The monoisotopic (exact) mass is 440 g/mol. The van der Waals surface area contributed by atoms with Crippen molar-refractivity contribution in [3.8, 4) is 39.3 Å². The van der Waals surface area contributed by atoms with E-state index >= 15 is 0 Å². The molecular weight excluding hydrogens is 416 g/mol. The minimum Gasteiger partial charge on any atom is -0.331 e. The number of aromatic nitrogens is 4. The molecule has 34 heavy (non-hydrogen) atoms. The first-order valence-electron chi connectivity index (χ1n) is 11.4. The number of imidazole rings is 2. The highest BCUT2D eigenvalue weighted by atomic mass is 15.1. The van der Waals surface area contributed by atoms with Crippen molar-refractivity contribution >= 4 is 11.0 Å². The van der Waals surface area contributed by atoms with Crippen LogP contribution in [0.15, 0.2) is 109 Å². The highest BCUT2D eigenvalue weighted by Crippen LogP contribution is 2.38. The summed E-state index contributed by atoms with van der Waals surface area (Å²) in [7, 11) is 2.06. The molecule has 0 amide bonds. The van der Waals surface area contributed by atoms with Crippen LogP contribution < -0.4 is 0 Å². The second-order valence-corrected chi connectivity index (χ2v) is 8.45. The van der Waals surface area contributed by atoms with Crippen LogP contribution in [0, 0.1) is 6.92 Å². The van der Waals surface area contributed by atoms with E-state index in [4.69, 9.17) is 9.97 Å². The van der Waals surface area contributed by atoms with E-state index in [9.17, 15) is 0 Å². The molecule has 0 fully saturated rings. The Labute approximate surface area is 198 Å². The number of para-hydroxylation sites is 2. The van der Waals surface area contributed by atoms with E-state index in [0.717, 1.165) is 45.1 Å².